The third-order valence-electron chi connectivity index (χ3n) is 1.17. The monoisotopic (exact) mass is 187 g/mol. The molecule has 0 spiro atoms. The Morgan fingerprint density at radius 3 is 2.10 bits per heavy atom. The van der Waals surface area contributed by atoms with Gasteiger partial charge in [0.05, 0.1) is 6.26 Å². The summed E-state index contributed by atoms with van der Waals surface area (Å²) in [6, 6.07) is 0. The topological polar surface area (TPSA) is 60.0 Å². The van der Waals surface area contributed by atoms with Crippen LogP contribution in [0.25, 0.3) is 0 Å². The second-order valence-corrected chi connectivity index (χ2v) is 3.78. The van der Waals surface area contributed by atoms with Gasteiger partial charge in [-0.1, -0.05) is 0 Å². The molecule has 1 aliphatic heterocycles. The summed E-state index contributed by atoms with van der Waals surface area (Å²) in [7, 11) is -3.20. The normalized spacial score (nSPS) is 19.3. The molecule has 1 heterocycles. The van der Waals surface area contributed by atoms with Gasteiger partial charge >= 0.3 is 0 Å². The molecule has 0 atom stereocenters. The van der Waals surface area contributed by atoms with Gasteiger partial charge in [-0.25, -0.2) is 0 Å². The number of hydrogen-bond acceptors (Lipinski definition) is 3. The van der Waals surface area contributed by atoms with Gasteiger partial charge in [-0.2, -0.15) is 8.42 Å². The first-order chi connectivity index (χ1) is 4.08. The average molecular weight is 188 g/mol. The van der Waals surface area contributed by atoms with Crippen molar-refractivity contribution in [2.45, 2.75) is 6.10 Å². The van der Waals surface area contributed by atoms with Crippen molar-refractivity contribution in [3.05, 3.63) is 0 Å². The first-order valence-corrected chi connectivity index (χ1v) is 4.59. The van der Waals surface area contributed by atoms with E-state index in [-0.39, 0.29) is 18.5 Å². The second kappa shape index (κ2) is 3.52. The maximum absolute atomic E-state index is 10.4. The molecule has 1 rings (SSSR count). The molecule has 0 aliphatic carbocycles. The Bertz CT molecular complexity index is 187. The number of rotatable bonds is 2. The molecule has 2 N–H and O–H groups in total. The molecule has 4 nitrogen and oxygen atoms in total. The van der Waals surface area contributed by atoms with Gasteiger partial charge in [-0.05, 0) is 0 Å². The zero-order valence-electron chi connectivity index (χ0n) is 5.58. The van der Waals surface area contributed by atoms with Gasteiger partial charge in [0.25, 0.3) is 10.1 Å². The summed E-state index contributed by atoms with van der Waals surface area (Å²) in [5.41, 5.74) is 0. The van der Waals surface area contributed by atoms with E-state index in [0.717, 1.165) is 19.3 Å². The van der Waals surface area contributed by atoms with Crippen molar-refractivity contribution in [1.82, 2.24) is 0 Å². The Hall–Kier alpha value is 0.160. The lowest BCUT2D eigenvalue weighted by atomic mass is 10.2. The fourth-order valence-corrected chi connectivity index (χ4v) is 1.28. The van der Waals surface area contributed by atoms with E-state index in [9.17, 15) is 8.42 Å². The second-order valence-electron chi connectivity index (χ2n) is 2.18. The Morgan fingerprint density at radius 2 is 2.00 bits per heavy atom. The highest BCUT2D eigenvalue weighted by Crippen LogP contribution is 1.95. The standard InChI is InChI=1S/C4H9NO3S.ClH/c1-9(6,7)8-4-2-5-3-4;/h4-5H,2-3H2,1H3;1H. The molecular formula is C4H10ClNO3S. The Morgan fingerprint density at radius 1 is 1.50 bits per heavy atom. The SMILES string of the molecule is CS(=O)(=O)OC1C[NH2+]C1.[Cl-]. The number of hydrogen-bond donors (Lipinski definition) is 1. The Kier molecular flexibility index (Phi) is 3.58. The summed E-state index contributed by atoms with van der Waals surface area (Å²) in [6.07, 6.45) is 1.01. The Labute approximate surface area is 66.5 Å². The molecule has 0 bridgehead atoms. The summed E-state index contributed by atoms with van der Waals surface area (Å²) in [5, 5.41) is 2.00. The van der Waals surface area contributed by atoms with Crippen molar-refractivity contribution < 1.29 is 30.3 Å². The number of quaternary nitrogens is 1. The van der Waals surface area contributed by atoms with Crippen LogP contribution in [0, 0.1) is 0 Å². The zero-order chi connectivity index (χ0) is 6.91. The van der Waals surface area contributed by atoms with Crippen LogP contribution in [0.5, 0.6) is 0 Å². The van der Waals surface area contributed by atoms with Crippen molar-refractivity contribution in [1.29, 1.82) is 0 Å². The third kappa shape index (κ3) is 3.36. The van der Waals surface area contributed by atoms with E-state index in [1.807, 2.05) is 5.32 Å². The molecule has 0 unspecified atom stereocenters. The van der Waals surface area contributed by atoms with E-state index in [0.29, 0.717) is 0 Å². The van der Waals surface area contributed by atoms with Crippen molar-refractivity contribution in [3.63, 3.8) is 0 Å². The molecular weight excluding hydrogens is 178 g/mol. The average Bonchev–Trinajstić information content (AvgIpc) is 1.53. The quantitative estimate of drug-likeness (QED) is 0.440. The molecule has 0 aromatic carbocycles. The van der Waals surface area contributed by atoms with E-state index in [4.69, 9.17) is 0 Å². The maximum atomic E-state index is 10.4. The minimum absolute atomic E-state index is 0. The highest BCUT2D eigenvalue weighted by atomic mass is 35.5. The van der Waals surface area contributed by atoms with Crippen LogP contribution >= 0.6 is 0 Å². The minimum Gasteiger partial charge on any atom is -1.00 e. The zero-order valence-corrected chi connectivity index (χ0v) is 7.15. The largest absolute Gasteiger partial charge is 1.00 e. The highest BCUT2D eigenvalue weighted by Gasteiger charge is 2.26. The maximum Gasteiger partial charge on any atom is 0.265 e. The van der Waals surface area contributed by atoms with E-state index < -0.39 is 10.1 Å². The lowest BCUT2D eigenvalue weighted by molar-refractivity contribution is -0.721. The van der Waals surface area contributed by atoms with Gasteiger partial charge in [-0.15, -0.1) is 0 Å². The highest BCUT2D eigenvalue weighted by molar-refractivity contribution is 7.86. The molecule has 10 heavy (non-hydrogen) atoms. The predicted octanol–water partition coefficient (Wildman–Crippen LogP) is -5.09. The van der Waals surface area contributed by atoms with Gasteiger partial charge < -0.3 is 17.7 Å². The van der Waals surface area contributed by atoms with Crippen molar-refractivity contribution in [2.24, 2.45) is 0 Å². The molecule has 0 aromatic rings. The van der Waals surface area contributed by atoms with Crippen LogP contribution in [0.15, 0.2) is 0 Å². The predicted molar refractivity (Wildman–Crippen MR) is 31.4 cm³/mol. The molecule has 0 amide bonds. The van der Waals surface area contributed by atoms with E-state index in [2.05, 4.69) is 4.18 Å². The lowest BCUT2D eigenvalue weighted by Gasteiger charge is -2.20. The van der Waals surface area contributed by atoms with Crippen molar-refractivity contribution in [2.75, 3.05) is 19.3 Å². The van der Waals surface area contributed by atoms with Crippen LogP contribution in [0.2, 0.25) is 0 Å². The van der Waals surface area contributed by atoms with Crippen LogP contribution in [-0.4, -0.2) is 33.9 Å². The van der Waals surface area contributed by atoms with E-state index in [1.165, 1.54) is 0 Å². The fourth-order valence-electron chi connectivity index (χ4n) is 0.629. The van der Waals surface area contributed by atoms with Gasteiger partial charge in [0, 0.05) is 0 Å². The molecule has 0 aromatic heterocycles. The number of halogens is 1. The molecule has 62 valence electrons. The molecule has 1 saturated heterocycles. The lowest BCUT2D eigenvalue weighted by Crippen LogP contribution is -3.00. The molecule has 6 heteroatoms. The molecule has 0 radical (unpaired) electrons. The first kappa shape index (κ1) is 10.2. The summed E-state index contributed by atoms with van der Waals surface area (Å²) < 4.78 is 25.4. The van der Waals surface area contributed by atoms with Gasteiger partial charge in [0.15, 0.2) is 6.10 Å². The van der Waals surface area contributed by atoms with Gasteiger partial charge in [0.2, 0.25) is 0 Å². The molecule has 0 saturated carbocycles. The van der Waals surface area contributed by atoms with Crippen molar-refractivity contribution >= 4 is 10.1 Å². The Balaban J connectivity index is 0.000000810. The molecule has 1 aliphatic rings. The van der Waals surface area contributed by atoms with E-state index >= 15 is 0 Å². The summed E-state index contributed by atoms with van der Waals surface area (Å²) in [6.45, 7) is 1.54. The third-order valence-corrected chi connectivity index (χ3v) is 1.79. The fraction of sp³-hybridized carbons (Fsp3) is 1.00. The minimum atomic E-state index is -3.20. The van der Waals surface area contributed by atoms with Crippen molar-refractivity contribution in [3.8, 4) is 0 Å². The number of nitrogens with two attached hydrogens (primary N) is 1. The van der Waals surface area contributed by atoms with Crippen LogP contribution in [-0.2, 0) is 14.3 Å². The van der Waals surface area contributed by atoms with Crippen LogP contribution < -0.4 is 17.7 Å². The molecule has 1 fully saturated rings. The van der Waals surface area contributed by atoms with E-state index in [1.54, 1.807) is 0 Å². The smallest absolute Gasteiger partial charge is 0.265 e. The summed E-state index contributed by atoms with van der Waals surface area (Å²) >= 11 is 0. The van der Waals surface area contributed by atoms with Crippen LogP contribution in [0.3, 0.4) is 0 Å². The van der Waals surface area contributed by atoms with Crippen LogP contribution in [0.4, 0.5) is 0 Å². The summed E-state index contributed by atoms with van der Waals surface area (Å²) in [5.74, 6) is 0. The van der Waals surface area contributed by atoms with Gasteiger partial charge in [0.1, 0.15) is 13.1 Å². The first-order valence-electron chi connectivity index (χ1n) is 2.78. The van der Waals surface area contributed by atoms with Crippen LogP contribution in [0.1, 0.15) is 0 Å². The summed E-state index contributed by atoms with van der Waals surface area (Å²) in [4.78, 5) is 0. The van der Waals surface area contributed by atoms with Gasteiger partial charge in [-0.3, -0.25) is 4.18 Å².